The second-order valence-electron chi connectivity index (χ2n) is 5.23. The van der Waals surface area contributed by atoms with Crippen LogP contribution in [-0.2, 0) is 10.2 Å². The third-order valence-electron chi connectivity index (χ3n) is 2.64. The number of hydrogen-bond acceptors (Lipinski definition) is 4. The second-order valence-corrected chi connectivity index (χ2v) is 5.62. The van der Waals surface area contributed by atoms with Crippen molar-refractivity contribution in [2.75, 3.05) is 6.61 Å². The summed E-state index contributed by atoms with van der Waals surface area (Å²) in [6.07, 6.45) is 0. The summed E-state index contributed by atoms with van der Waals surface area (Å²) in [7, 11) is 0. The van der Waals surface area contributed by atoms with Crippen LogP contribution in [0.5, 0.6) is 0 Å². The van der Waals surface area contributed by atoms with E-state index >= 15 is 0 Å². The van der Waals surface area contributed by atoms with Crippen LogP contribution in [-0.4, -0.2) is 27.2 Å². The minimum atomic E-state index is -0.471. The standard InChI is InChI=1S/C13H16ClN3O2/c1-5-19-12(18)8-6-11-15-9(13(2,3)4)7-10(14)17(11)16-8/h6-7H,5H2,1-4H3. The van der Waals surface area contributed by atoms with Crippen LogP contribution in [0.15, 0.2) is 12.1 Å². The smallest absolute Gasteiger partial charge is 0.358 e. The molecule has 0 aliphatic rings. The van der Waals surface area contributed by atoms with E-state index in [1.807, 2.05) is 20.8 Å². The summed E-state index contributed by atoms with van der Waals surface area (Å²) in [5, 5.41) is 4.52. The SMILES string of the molecule is CCOC(=O)c1cc2nc(C(C)(C)C)cc(Cl)n2n1. The first-order valence-electron chi connectivity index (χ1n) is 6.07. The largest absolute Gasteiger partial charge is 0.461 e. The summed E-state index contributed by atoms with van der Waals surface area (Å²) in [5.41, 5.74) is 1.47. The van der Waals surface area contributed by atoms with Crippen LogP contribution >= 0.6 is 11.6 Å². The van der Waals surface area contributed by atoms with Gasteiger partial charge in [0, 0.05) is 11.5 Å². The molecular weight excluding hydrogens is 266 g/mol. The molecule has 5 nitrogen and oxygen atoms in total. The second kappa shape index (κ2) is 4.81. The molecule has 0 bridgehead atoms. The lowest BCUT2D eigenvalue weighted by Crippen LogP contribution is -2.14. The Balaban J connectivity index is 2.54. The topological polar surface area (TPSA) is 56.5 Å². The van der Waals surface area contributed by atoms with Crippen LogP contribution in [0.4, 0.5) is 0 Å². The Kier molecular flexibility index (Phi) is 3.49. The zero-order chi connectivity index (χ0) is 14.2. The van der Waals surface area contributed by atoms with E-state index in [1.165, 1.54) is 4.52 Å². The number of ether oxygens (including phenoxy) is 1. The van der Waals surface area contributed by atoms with Crippen molar-refractivity contribution >= 4 is 23.2 Å². The molecule has 19 heavy (non-hydrogen) atoms. The van der Waals surface area contributed by atoms with Gasteiger partial charge in [-0.05, 0) is 13.0 Å². The van der Waals surface area contributed by atoms with Gasteiger partial charge in [-0.1, -0.05) is 32.4 Å². The van der Waals surface area contributed by atoms with E-state index in [-0.39, 0.29) is 11.1 Å². The van der Waals surface area contributed by atoms with Crippen molar-refractivity contribution in [2.24, 2.45) is 0 Å². The van der Waals surface area contributed by atoms with Crippen molar-refractivity contribution in [2.45, 2.75) is 33.1 Å². The van der Waals surface area contributed by atoms with Crippen molar-refractivity contribution in [1.82, 2.24) is 14.6 Å². The van der Waals surface area contributed by atoms with Gasteiger partial charge in [-0.15, -0.1) is 0 Å². The first kappa shape index (κ1) is 13.8. The Bertz CT molecular complexity index is 629. The van der Waals surface area contributed by atoms with Crippen molar-refractivity contribution in [3.8, 4) is 0 Å². The molecule has 2 rings (SSSR count). The highest BCUT2D eigenvalue weighted by Crippen LogP contribution is 2.24. The molecule has 0 fully saturated rings. The summed E-state index contributed by atoms with van der Waals surface area (Å²) < 4.78 is 6.34. The van der Waals surface area contributed by atoms with Crippen LogP contribution in [0.1, 0.15) is 43.9 Å². The first-order valence-corrected chi connectivity index (χ1v) is 6.44. The van der Waals surface area contributed by atoms with Crippen molar-refractivity contribution in [1.29, 1.82) is 0 Å². The molecular formula is C13H16ClN3O2. The maximum atomic E-state index is 11.6. The summed E-state index contributed by atoms with van der Waals surface area (Å²) in [6.45, 7) is 8.19. The Morgan fingerprint density at radius 1 is 1.42 bits per heavy atom. The first-order chi connectivity index (χ1) is 8.82. The van der Waals surface area contributed by atoms with Gasteiger partial charge in [0.1, 0.15) is 5.15 Å². The fourth-order valence-electron chi connectivity index (χ4n) is 1.63. The van der Waals surface area contributed by atoms with E-state index in [1.54, 1.807) is 19.1 Å². The van der Waals surface area contributed by atoms with E-state index in [0.29, 0.717) is 17.4 Å². The lowest BCUT2D eigenvalue weighted by Gasteiger charge is -2.17. The number of nitrogens with zero attached hydrogens (tertiary/aromatic N) is 3. The van der Waals surface area contributed by atoms with E-state index in [9.17, 15) is 4.79 Å². The number of fused-ring (bicyclic) bond motifs is 1. The molecule has 0 aliphatic carbocycles. The number of carbonyl (C=O) groups excluding carboxylic acids is 1. The van der Waals surface area contributed by atoms with Crippen molar-refractivity contribution < 1.29 is 9.53 Å². The number of hydrogen-bond donors (Lipinski definition) is 0. The van der Waals surface area contributed by atoms with Crippen molar-refractivity contribution in [3.05, 3.63) is 28.7 Å². The fourth-order valence-corrected chi connectivity index (χ4v) is 1.85. The summed E-state index contributed by atoms with van der Waals surface area (Å²) >= 11 is 6.17. The van der Waals surface area contributed by atoms with Gasteiger partial charge in [-0.3, -0.25) is 0 Å². The number of carbonyl (C=O) groups is 1. The van der Waals surface area contributed by atoms with Gasteiger partial charge in [-0.2, -0.15) is 5.10 Å². The lowest BCUT2D eigenvalue weighted by atomic mass is 9.92. The van der Waals surface area contributed by atoms with Gasteiger partial charge in [0.25, 0.3) is 0 Å². The predicted octanol–water partition coefficient (Wildman–Crippen LogP) is 2.86. The van der Waals surface area contributed by atoms with E-state index < -0.39 is 5.97 Å². The van der Waals surface area contributed by atoms with Crippen LogP contribution in [0.25, 0.3) is 5.65 Å². The zero-order valence-corrected chi connectivity index (χ0v) is 12.2. The van der Waals surface area contributed by atoms with Gasteiger partial charge >= 0.3 is 5.97 Å². The number of aromatic nitrogens is 3. The normalized spacial score (nSPS) is 11.8. The van der Waals surface area contributed by atoms with Crippen molar-refractivity contribution in [3.63, 3.8) is 0 Å². The minimum Gasteiger partial charge on any atom is -0.461 e. The Morgan fingerprint density at radius 2 is 2.11 bits per heavy atom. The summed E-state index contributed by atoms with van der Waals surface area (Å²) in [5.74, 6) is -0.471. The molecule has 2 heterocycles. The van der Waals surface area contributed by atoms with Gasteiger partial charge in [0.15, 0.2) is 11.3 Å². The molecule has 2 aromatic heterocycles. The van der Waals surface area contributed by atoms with Gasteiger partial charge in [0.2, 0.25) is 0 Å². The summed E-state index contributed by atoms with van der Waals surface area (Å²) in [6, 6.07) is 3.34. The quantitative estimate of drug-likeness (QED) is 0.627. The zero-order valence-electron chi connectivity index (χ0n) is 11.4. The number of rotatable bonds is 2. The van der Waals surface area contributed by atoms with Gasteiger partial charge in [-0.25, -0.2) is 14.3 Å². The van der Waals surface area contributed by atoms with E-state index in [2.05, 4.69) is 10.1 Å². The van der Waals surface area contributed by atoms with Crippen LogP contribution in [0.2, 0.25) is 5.15 Å². The number of halogens is 1. The molecule has 6 heteroatoms. The molecule has 102 valence electrons. The maximum absolute atomic E-state index is 11.6. The Morgan fingerprint density at radius 3 is 2.68 bits per heavy atom. The molecule has 2 aromatic rings. The molecule has 0 amide bonds. The van der Waals surface area contributed by atoms with E-state index in [4.69, 9.17) is 16.3 Å². The average molecular weight is 282 g/mol. The highest BCUT2D eigenvalue weighted by molar-refractivity contribution is 6.29. The highest BCUT2D eigenvalue weighted by Gasteiger charge is 2.20. The molecule has 0 atom stereocenters. The molecule has 0 saturated heterocycles. The van der Waals surface area contributed by atoms with Crippen LogP contribution < -0.4 is 0 Å². The fraction of sp³-hybridized carbons (Fsp3) is 0.462. The third-order valence-corrected chi connectivity index (χ3v) is 2.91. The highest BCUT2D eigenvalue weighted by atomic mass is 35.5. The number of esters is 1. The third kappa shape index (κ3) is 2.71. The molecule has 0 spiro atoms. The lowest BCUT2D eigenvalue weighted by molar-refractivity contribution is 0.0519. The molecule has 0 unspecified atom stereocenters. The minimum absolute atomic E-state index is 0.125. The van der Waals surface area contributed by atoms with Crippen LogP contribution in [0, 0.1) is 0 Å². The van der Waals surface area contributed by atoms with Gasteiger partial charge in [0.05, 0.1) is 12.3 Å². The Labute approximate surface area is 116 Å². The summed E-state index contributed by atoms with van der Waals surface area (Å²) in [4.78, 5) is 16.1. The van der Waals surface area contributed by atoms with E-state index in [0.717, 1.165) is 5.69 Å². The Hall–Kier alpha value is -1.62. The van der Waals surface area contributed by atoms with Gasteiger partial charge < -0.3 is 4.74 Å². The predicted molar refractivity (Wildman–Crippen MR) is 72.7 cm³/mol. The molecule has 0 radical (unpaired) electrons. The molecule has 0 aromatic carbocycles. The monoisotopic (exact) mass is 281 g/mol. The molecule has 0 N–H and O–H groups in total. The molecule has 0 saturated carbocycles. The van der Waals surface area contributed by atoms with Crippen LogP contribution in [0.3, 0.4) is 0 Å². The maximum Gasteiger partial charge on any atom is 0.358 e. The molecule has 0 aliphatic heterocycles. The average Bonchev–Trinajstić information content (AvgIpc) is 2.72.